The van der Waals surface area contributed by atoms with Gasteiger partial charge in [-0.25, -0.2) is 8.42 Å². The van der Waals surface area contributed by atoms with Gasteiger partial charge in [0.15, 0.2) is 9.84 Å². The normalized spacial score (nSPS) is 16.0. The molecule has 1 aromatic rings. The summed E-state index contributed by atoms with van der Waals surface area (Å²) in [6.07, 6.45) is 2.59. The second-order valence-corrected chi connectivity index (χ2v) is 8.42. The Morgan fingerprint density at radius 3 is 2.56 bits per heavy atom. The molecule has 5 heteroatoms. The highest BCUT2D eigenvalue weighted by Gasteiger charge is 2.22. The number of sulfone groups is 1. The van der Waals surface area contributed by atoms with Crippen LogP contribution in [0, 0.1) is 5.92 Å². The van der Waals surface area contributed by atoms with E-state index in [1.807, 2.05) is 6.07 Å². The monoisotopic (exact) mass is 331 g/mol. The van der Waals surface area contributed by atoms with Crippen molar-refractivity contribution in [3.05, 3.63) is 22.7 Å². The predicted molar refractivity (Wildman–Crippen MR) is 77.7 cm³/mol. The van der Waals surface area contributed by atoms with Crippen molar-refractivity contribution < 1.29 is 8.42 Å². The van der Waals surface area contributed by atoms with E-state index in [1.165, 1.54) is 12.8 Å². The molecule has 1 N–H and O–H groups in total. The van der Waals surface area contributed by atoms with Gasteiger partial charge in [-0.05, 0) is 66.7 Å². The Morgan fingerprint density at radius 2 is 2.06 bits per heavy atom. The average Bonchev–Trinajstić information content (AvgIpc) is 3.11. The van der Waals surface area contributed by atoms with Crippen molar-refractivity contribution in [2.45, 2.75) is 36.8 Å². The molecular formula is C13H18BrNO2S. The Balaban J connectivity index is 2.18. The van der Waals surface area contributed by atoms with Crippen molar-refractivity contribution in [1.29, 1.82) is 0 Å². The fourth-order valence-corrected chi connectivity index (χ4v) is 3.42. The number of halogens is 1. The fourth-order valence-electron chi connectivity index (χ4n) is 1.66. The van der Waals surface area contributed by atoms with Gasteiger partial charge in [-0.3, -0.25) is 0 Å². The van der Waals surface area contributed by atoms with Crippen molar-refractivity contribution in [2.75, 3.05) is 11.9 Å². The van der Waals surface area contributed by atoms with Gasteiger partial charge in [0.25, 0.3) is 0 Å². The number of hydrogen-bond acceptors (Lipinski definition) is 3. The summed E-state index contributed by atoms with van der Waals surface area (Å²) in [5.74, 6) is 0.788. The lowest BCUT2D eigenvalue weighted by molar-refractivity contribution is 0.587. The quantitative estimate of drug-likeness (QED) is 0.898. The van der Waals surface area contributed by atoms with Gasteiger partial charge in [0.1, 0.15) is 0 Å². The average molecular weight is 332 g/mol. The molecule has 0 saturated heterocycles. The van der Waals surface area contributed by atoms with E-state index in [0.717, 1.165) is 22.6 Å². The minimum Gasteiger partial charge on any atom is -0.384 e. The fraction of sp³-hybridized carbons (Fsp3) is 0.538. The summed E-state index contributed by atoms with van der Waals surface area (Å²) >= 11 is 3.43. The second kappa shape index (κ2) is 5.21. The minimum absolute atomic E-state index is 0.376. The molecule has 1 aliphatic rings. The molecule has 1 aromatic carbocycles. The van der Waals surface area contributed by atoms with Crippen molar-refractivity contribution in [3.63, 3.8) is 0 Å². The molecule has 0 amide bonds. The number of hydrogen-bond donors (Lipinski definition) is 1. The molecule has 100 valence electrons. The maximum absolute atomic E-state index is 12.0. The molecule has 3 nitrogen and oxygen atoms in total. The second-order valence-electron chi connectivity index (χ2n) is 5.06. The van der Waals surface area contributed by atoms with Crippen LogP contribution in [0.2, 0.25) is 0 Å². The molecule has 0 aliphatic heterocycles. The first kappa shape index (κ1) is 13.9. The Hall–Kier alpha value is -0.550. The van der Waals surface area contributed by atoms with Gasteiger partial charge in [-0.15, -0.1) is 0 Å². The lowest BCUT2D eigenvalue weighted by atomic mass is 10.3. The van der Waals surface area contributed by atoms with Crippen molar-refractivity contribution >= 4 is 31.5 Å². The molecule has 2 rings (SSSR count). The summed E-state index contributed by atoms with van der Waals surface area (Å²) < 4.78 is 24.9. The lowest BCUT2D eigenvalue weighted by Crippen LogP contribution is -2.14. The molecule has 0 radical (unpaired) electrons. The van der Waals surface area contributed by atoms with Crippen LogP contribution in [0.3, 0.4) is 0 Å². The van der Waals surface area contributed by atoms with E-state index >= 15 is 0 Å². The van der Waals surface area contributed by atoms with Crippen LogP contribution >= 0.6 is 15.9 Å². The number of benzene rings is 1. The van der Waals surface area contributed by atoms with Gasteiger partial charge < -0.3 is 5.32 Å². The molecule has 0 unspecified atom stereocenters. The van der Waals surface area contributed by atoms with Crippen LogP contribution in [0.4, 0.5) is 5.69 Å². The molecule has 18 heavy (non-hydrogen) atoms. The largest absolute Gasteiger partial charge is 0.384 e. The van der Waals surface area contributed by atoms with Gasteiger partial charge in [-0.1, -0.05) is 0 Å². The molecule has 1 fully saturated rings. The summed E-state index contributed by atoms with van der Waals surface area (Å²) in [6.45, 7) is 4.36. The molecule has 0 aromatic heterocycles. The Morgan fingerprint density at radius 1 is 1.39 bits per heavy atom. The summed E-state index contributed by atoms with van der Waals surface area (Å²) in [5.41, 5.74) is 0.963. The lowest BCUT2D eigenvalue weighted by Gasteiger charge is -2.12. The molecule has 0 heterocycles. The first-order valence-corrected chi connectivity index (χ1v) is 8.52. The summed E-state index contributed by atoms with van der Waals surface area (Å²) in [4.78, 5) is 0.376. The van der Waals surface area contributed by atoms with E-state index in [0.29, 0.717) is 4.90 Å². The van der Waals surface area contributed by atoms with Crippen molar-refractivity contribution in [3.8, 4) is 0 Å². The van der Waals surface area contributed by atoms with Crippen LogP contribution < -0.4 is 5.32 Å². The Labute approximate surface area is 117 Å². The number of anilines is 1. The number of rotatable bonds is 5. The third-order valence-corrected chi connectivity index (χ3v) is 5.98. The van der Waals surface area contributed by atoms with E-state index in [4.69, 9.17) is 0 Å². The van der Waals surface area contributed by atoms with Crippen LogP contribution in [0.5, 0.6) is 0 Å². The first-order valence-electron chi connectivity index (χ1n) is 6.18. The topological polar surface area (TPSA) is 46.2 Å². The molecule has 0 spiro atoms. The predicted octanol–water partition coefficient (Wildman–Crippen LogP) is 3.45. The van der Waals surface area contributed by atoms with Gasteiger partial charge in [-0.2, -0.15) is 0 Å². The van der Waals surface area contributed by atoms with Crippen LogP contribution in [0.1, 0.15) is 26.7 Å². The molecule has 1 saturated carbocycles. The standard InChI is InChI=1S/C13H18BrNO2S/c1-9(2)18(16,17)11-5-6-13(12(14)7-11)15-8-10-3-4-10/h5-7,9-10,15H,3-4,8H2,1-2H3. The third-order valence-electron chi connectivity index (χ3n) is 3.17. The molecular weight excluding hydrogens is 314 g/mol. The summed E-state index contributed by atoms with van der Waals surface area (Å²) in [7, 11) is -3.19. The summed E-state index contributed by atoms with van der Waals surface area (Å²) in [5, 5.41) is 2.95. The van der Waals surface area contributed by atoms with Gasteiger partial charge in [0, 0.05) is 16.7 Å². The van der Waals surface area contributed by atoms with Gasteiger partial charge in [0.2, 0.25) is 0 Å². The maximum Gasteiger partial charge on any atom is 0.180 e. The smallest absolute Gasteiger partial charge is 0.180 e. The summed E-state index contributed by atoms with van der Waals surface area (Å²) in [6, 6.07) is 5.20. The zero-order valence-electron chi connectivity index (χ0n) is 10.6. The van der Waals surface area contributed by atoms with E-state index in [-0.39, 0.29) is 0 Å². The maximum atomic E-state index is 12.0. The SMILES string of the molecule is CC(C)S(=O)(=O)c1ccc(NCC2CC2)c(Br)c1. The molecule has 1 aliphatic carbocycles. The van der Waals surface area contributed by atoms with Crippen molar-refractivity contribution in [2.24, 2.45) is 5.92 Å². The Kier molecular flexibility index (Phi) is 4.02. The van der Waals surface area contributed by atoms with Gasteiger partial charge >= 0.3 is 0 Å². The van der Waals surface area contributed by atoms with Crippen LogP contribution in [-0.4, -0.2) is 20.2 Å². The van der Waals surface area contributed by atoms with E-state index in [1.54, 1.807) is 26.0 Å². The first-order chi connectivity index (χ1) is 8.41. The molecule has 0 atom stereocenters. The van der Waals surface area contributed by atoms with Crippen LogP contribution in [-0.2, 0) is 9.84 Å². The van der Waals surface area contributed by atoms with E-state index in [2.05, 4.69) is 21.2 Å². The zero-order valence-corrected chi connectivity index (χ0v) is 13.0. The highest BCUT2D eigenvalue weighted by Crippen LogP contribution is 2.31. The van der Waals surface area contributed by atoms with Crippen LogP contribution in [0.15, 0.2) is 27.6 Å². The van der Waals surface area contributed by atoms with Crippen LogP contribution in [0.25, 0.3) is 0 Å². The molecule has 0 bridgehead atoms. The van der Waals surface area contributed by atoms with E-state index in [9.17, 15) is 8.42 Å². The zero-order chi connectivity index (χ0) is 13.3. The highest BCUT2D eigenvalue weighted by atomic mass is 79.9. The van der Waals surface area contributed by atoms with Crippen molar-refractivity contribution in [1.82, 2.24) is 0 Å². The Bertz CT molecular complexity index is 536. The minimum atomic E-state index is -3.19. The van der Waals surface area contributed by atoms with Gasteiger partial charge in [0.05, 0.1) is 10.1 Å². The third kappa shape index (κ3) is 3.06. The number of nitrogens with one attached hydrogen (secondary N) is 1. The van der Waals surface area contributed by atoms with E-state index < -0.39 is 15.1 Å². The highest BCUT2D eigenvalue weighted by molar-refractivity contribution is 9.10.